The maximum Gasteiger partial charge on any atom is 0.256 e. The SMILES string of the molecule is Cc1ccc(NC(=O)/C=C/CN(C)C)cc1C(=O)Nc1ccc(OCc2cccc(F)c2)c(Cl)c1. The molecule has 0 unspecified atom stereocenters. The number of amides is 2. The van der Waals surface area contributed by atoms with E-state index in [1.54, 1.807) is 54.6 Å². The molecule has 35 heavy (non-hydrogen) atoms. The van der Waals surface area contributed by atoms with Gasteiger partial charge in [-0.05, 0) is 74.6 Å². The third-order valence-corrected chi connectivity index (χ3v) is 5.26. The molecule has 0 bridgehead atoms. The molecule has 182 valence electrons. The summed E-state index contributed by atoms with van der Waals surface area (Å²) in [6.45, 7) is 2.62. The van der Waals surface area contributed by atoms with Crippen LogP contribution in [-0.4, -0.2) is 37.4 Å². The Hall–Kier alpha value is -3.68. The molecular weight excluding hydrogens is 469 g/mol. The van der Waals surface area contributed by atoms with E-state index in [0.29, 0.717) is 39.8 Å². The van der Waals surface area contributed by atoms with Crippen LogP contribution >= 0.6 is 11.6 Å². The smallest absolute Gasteiger partial charge is 0.256 e. The number of benzene rings is 3. The van der Waals surface area contributed by atoms with Gasteiger partial charge in [-0.15, -0.1) is 0 Å². The van der Waals surface area contributed by atoms with Gasteiger partial charge >= 0.3 is 0 Å². The molecule has 0 aromatic heterocycles. The number of anilines is 2. The highest BCUT2D eigenvalue weighted by atomic mass is 35.5. The zero-order chi connectivity index (χ0) is 25.4. The van der Waals surface area contributed by atoms with E-state index in [4.69, 9.17) is 16.3 Å². The van der Waals surface area contributed by atoms with Gasteiger partial charge in [-0.25, -0.2) is 4.39 Å². The highest BCUT2D eigenvalue weighted by molar-refractivity contribution is 6.32. The Bertz CT molecular complexity index is 1240. The number of ether oxygens (including phenoxy) is 1. The van der Waals surface area contributed by atoms with E-state index in [1.807, 2.05) is 25.9 Å². The second kappa shape index (κ2) is 12.1. The molecule has 3 rings (SSSR count). The summed E-state index contributed by atoms with van der Waals surface area (Å²) in [6, 6.07) is 16.1. The van der Waals surface area contributed by atoms with E-state index >= 15 is 0 Å². The van der Waals surface area contributed by atoms with Gasteiger partial charge in [0.25, 0.3) is 5.91 Å². The number of hydrogen-bond donors (Lipinski definition) is 2. The number of halogens is 2. The highest BCUT2D eigenvalue weighted by Crippen LogP contribution is 2.29. The lowest BCUT2D eigenvalue weighted by molar-refractivity contribution is -0.111. The summed E-state index contributed by atoms with van der Waals surface area (Å²) in [6.07, 6.45) is 3.21. The van der Waals surface area contributed by atoms with Crippen LogP contribution in [0.1, 0.15) is 21.5 Å². The van der Waals surface area contributed by atoms with Gasteiger partial charge in [-0.2, -0.15) is 0 Å². The average Bonchev–Trinajstić information content (AvgIpc) is 2.79. The Kier molecular flexibility index (Phi) is 9.00. The van der Waals surface area contributed by atoms with Gasteiger partial charge in [0, 0.05) is 29.6 Å². The van der Waals surface area contributed by atoms with Crippen molar-refractivity contribution in [2.45, 2.75) is 13.5 Å². The fraction of sp³-hybridized carbons (Fsp3) is 0.185. The van der Waals surface area contributed by atoms with Gasteiger partial charge in [0.1, 0.15) is 18.2 Å². The quantitative estimate of drug-likeness (QED) is 0.375. The van der Waals surface area contributed by atoms with E-state index < -0.39 is 0 Å². The largest absolute Gasteiger partial charge is 0.487 e. The average molecular weight is 496 g/mol. The molecule has 0 spiro atoms. The Labute approximate surface area is 209 Å². The van der Waals surface area contributed by atoms with E-state index in [-0.39, 0.29) is 24.2 Å². The zero-order valence-corrected chi connectivity index (χ0v) is 20.5. The molecule has 8 heteroatoms. The summed E-state index contributed by atoms with van der Waals surface area (Å²) >= 11 is 6.32. The number of hydrogen-bond acceptors (Lipinski definition) is 4. The monoisotopic (exact) mass is 495 g/mol. The van der Waals surface area contributed by atoms with E-state index in [9.17, 15) is 14.0 Å². The van der Waals surface area contributed by atoms with Crippen LogP contribution in [0, 0.1) is 12.7 Å². The van der Waals surface area contributed by atoms with Crippen molar-refractivity contribution in [3.05, 3.63) is 100 Å². The molecule has 3 aromatic carbocycles. The van der Waals surface area contributed by atoms with E-state index in [1.165, 1.54) is 18.2 Å². The second-order valence-corrected chi connectivity index (χ2v) is 8.61. The maximum atomic E-state index is 13.3. The first-order chi connectivity index (χ1) is 16.7. The van der Waals surface area contributed by atoms with Crippen LogP contribution in [-0.2, 0) is 11.4 Å². The van der Waals surface area contributed by atoms with Crippen molar-refractivity contribution >= 4 is 34.8 Å². The van der Waals surface area contributed by atoms with Crippen LogP contribution in [0.25, 0.3) is 0 Å². The Morgan fingerprint density at radius 1 is 1.03 bits per heavy atom. The van der Waals surface area contributed by atoms with Gasteiger partial charge in [0.2, 0.25) is 5.91 Å². The minimum absolute atomic E-state index is 0.158. The third kappa shape index (κ3) is 7.95. The predicted molar refractivity (Wildman–Crippen MR) is 138 cm³/mol. The Balaban J connectivity index is 1.64. The van der Waals surface area contributed by atoms with Crippen molar-refractivity contribution in [1.82, 2.24) is 4.90 Å². The molecule has 0 aliphatic carbocycles. The lowest BCUT2D eigenvalue weighted by Crippen LogP contribution is -2.15. The summed E-state index contributed by atoms with van der Waals surface area (Å²) in [5.41, 5.74) is 2.85. The van der Waals surface area contributed by atoms with Crippen molar-refractivity contribution in [2.24, 2.45) is 0 Å². The molecule has 6 nitrogen and oxygen atoms in total. The molecule has 2 amide bonds. The molecule has 0 saturated heterocycles. The third-order valence-electron chi connectivity index (χ3n) is 4.96. The van der Waals surface area contributed by atoms with Gasteiger partial charge < -0.3 is 20.3 Å². The summed E-state index contributed by atoms with van der Waals surface area (Å²) in [5, 5.41) is 5.89. The fourth-order valence-electron chi connectivity index (χ4n) is 3.18. The first-order valence-electron chi connectivity index (χ1n) is 10.9. The number of carbonyl (C=O) groups is 2. The molecule has 0 radical (unpaired) electrons. The van der Waals surface area contributed by atoms with Gasteiger partial charge in [0.15, 0.2) is 0 Å². The number of carbonyl (C=O) groups excluding carboxylic acids is 2. The van der Waals surface area contributed by atoms with Crippen molar-refractivity contribution in [3.63, 3.8) is 0 Å². The van der Waals surface area contributed by atoms with Crippen LogP contribution in [0.2, 0.25) is 5.02 Å². The van der Waals surface area contributed by atoms with Crippen LogP contribution < -0.4 is 15.4 Å². The van der Waals surface area contributed by atoms with E-state index in [0.717, 1.165) is 5.56 Å². The van der Waals surface area contributed by atoms with Crippen LogP contribution in [0.15, 0.2) is 72.8 Å². The molecule has 0 aliphatic rings. The summed E-state index contributed by atoms with van der Waals surface area (Å²) < 4.78 is 19.0. The Morgan fingerprint density at radius 2 is 1.77 bits per heavy atom. The molecule has 0 saturated carbocycles. The summed E-state index contributed by atoms with van der Waals surface area (Å²) in [7, 11) is 3.82. The van der Waals surface area contributed by atoms with Gasteiger partial charge in [-0.3, -0.25) is 9.59 Å². The molecule has 0 fully saturated rings. The van der Waals surface area contributed by atoms with E-state index in [2.05, 4.69) is 10.6 Å². The summed E-state index contributed by atoms with van der Waals surface area (Å²) in [4.78, 5) is 27.0. The fourth-order valence-corrected chi connectivity index (χ4v) is 3.42. The topological polar surface area (TPSA) is 70.7 Å². The summed E-state index contributed by atoms with van der Waals surface area (Å²) in [5.74, 6) is -0.541. The van der Waals surface area contributed by atoms with Gasteiger partial charge in [-0.1, -0.05) is 35.9 Å². The number of aryl methyl sites for hydroxylation is 1. The predicted octanol–water partition coefficient (Wildman–Crippen LogP) is 5.68. The highest BCUT2D eigenvalue weighted by Gasteiger charge is 2.13. The van der Waals surface area contributed by atoms with Crippen LogP contribution in [0.4, 0.5) is 15.8 Å². The standard InChI is InChI=1S/C27H27ClFN3O3/c1-18-9-10-21(30-26(33)8-5-13-32(2)3)15-23(18)27(34)31-22-11-12-25(24(28)16-22)35-17-19-6-4-7-20(29)14-19/h4-12,14-16H,13,17H2,1-3H3,(H,30,33)(H,31,34)/b8-5+. The van der Waals surface area contributed by atoms with Crippen molar-refractivity contribution in [3.8, 4) is 5.75 Å². The lowest BCUT2D eigenvalue weighted by Gasteiger charge is -2.12. The second-order valence-electron chi connectivity index (χ2n) is 8.20. The van der Waals surface area contributed by atoms with Crippen molar-refractivity contribution in [1.29, 1.82) is 0 Å². The number of likely N-dealkylation sites (N-methyl/N-ethyl adjacent to an activating group) is 1. The molecule has 0 atom stereocenters. The zero-order valence-electron chi connectivity index (χ0n) is 19.8. The van der Waals surface area contributed by atoms with Crippen molar-refractivity contribution in [2.75, 3.05) is 31.3 Å². The van der Waals surface area contributed by atoms with Gasteiger partial charge in [0.05, 0.1) is 5.02 Å². The Morgan fingerprint density at radius 3 is 2.49 bits per heavy atom. The molecule has 3 aromatic rings. The number of nitrogens with zero attached hydrogens (tertiary/aromatic N) is 1. The number of nitrogens with one attached hydrogen (secondary N) is 2. The minimum atomic E-state index is -0.341. The van der Waals surface area contributed by atoms with Crippen LogP contribution in [0.5, 0.6) is 5.75 Å². The number of rotatable bonds is 9. The minimum Gasteiger partial charge on any atom is -0.487 e. The first kappa shape index (κ1) is 25.9. The lowest BCUT2D eigenvalue weighted by atomic mass is 10.1. The maximum absolute atomic E-state index is 13.3. The normalized spacial score (nSPS) is 11.0. The van der Waals surface area contributed by atoms with Crippen molar-refractivity contribution < 1.29 is 18.7 Å². The molecule has 0 heterocycles. The molecule has 2 N–H and O–H groups in total. The molecular formula is C27H27ClFN3O3. The first-order valence-corrected chi connectivity index (χ1v) is 11.3. The van der Waals surface area contributed by atoms with Crippen LogP contribution in [0.3, 0.4) is 0 Å². The molecule has 0 aliphatic heterocycles.